The third-order valence-corrected chi connectivity index (χ3v) is 3.59. The van der Waals surface area contributed by atoms with Gasteiger partial charge < -0.3 is 9.32 Å². The number of hydrogen-bond donors (Lipinski definition) is 1. The molecule has 1 N–H and O–H groups in total. The highest BCUT2D eigenvalue weighted by Gasteiger charge is 2.36. The molecule has 1 amide bonds. The summed E-state index contributed by atoms with van der Waals surface area (Å²) in [4.78, 5) is 13.5. The Balaban J connectivity index is 1.87. The van der Waals surface area contributed by atoms with Gasteiger partial charge in [0.15, 0.2) is 0 Å². The summed E-state index contributed by atoms with van der Waals surface area (Å²) < 4.78 is 43.4. The number of benzene rings is 1. The lowest BCUT2D eigenvalue weighted by Crippen LogP contribution is -2.24. The molecule has 0 bridgehead atoms. The van der Waals surface area contributed by atoms with Gasteiger partial charge in [0.1, 0.15) is 0 Å². The van der Waals surface area contributed by atoms with Crippen LogP contribution in [0.25, 0.3) is 0 Å². The van der Waals surface area contributed by atoms with Crippen molar-refractivity contribution in [1.82, 2.24) is 10.2 Å². The summed E-state index contributed by atoms with van der Waals surface area (Å²) in [6.45, 7) is 0.198. The van der Waals surface area contributed by atoms with Crippen LogP contribution < -0.4 is 4.90 Å². The van der Waals surface area contributed by atoms with Gasteiger partial charge in [-0.25, -0.2) is 5.10 Å². The van der Waals surface area contributed by atoms with Crippen molar-refractivity contribution in [3.63, 3.8) is 0 Å². The summed E-state index contributed by atoms with van der Waals surface area (Å²) in [7, 11) is 0. The number of aromatic nitrogens is 2. The van der Waals surface area contributed by atoms with Crippen molar-refractivity contribution in [3.05, 3.63) is 40.6 Å². The van der Waals surface area contributed by atoms with Crippen LogP contribution in [0, 0.1) is 4.84 Å². The summed E-state index contributed by atoms with van der Waals surface area (Å²) >= 11 is 4.77. The maximum atomic E-state index is 12.8. The Morgan fingerprint density at radius 2 is 2.18 bits per heavy atom. The minimum atomic E-state index is -4.45. The van der Waals surface area contributed by atoms with Gasteiger partial charge >= 0.3 is 6.18 Å². The standard InChI is InChI=1S/C13H10F3N3O2S/c14-13(15,16)8-2-1-3-9(5-8)19-6-7(4-10(19)20)11-17-18-12(22)21-11/h1-3,5,7H,4,6H2,(H,18,22). The van der Waals surface area contributed by atoms with Gasteiger partial charge in [-0.1, -0.05) is 6.07 Å². The summed E-state index contributed by atoms with van der Waals surface area (Å²) in [5.74, 6) is -0.337. The first kappa shape index (κ1) is 14.8. The quantitative estimate of drug-likeness (QED) is 0.859. The lowest BCUT2D eigenvalue weighted by atomic mass is 10.1. The van der Waals surface area contributed by atoms with Crippen LogP contribution in [0.3, 0.4) is 0 Å². The van der Waals surface area contributed by atoms with E-state index in [1.54, 1.807) is 0 Å². The average Bonchev–Trinajstić information content (AvgIpc) is 3.04. The number of alkyl halides is 3. The first-order chi connectivity index (χ1) is 10.3. The van der Waals surface area contributed by atoms with Gasteiger partial charge in [-0.15, -0.1) is 5.10 Å². The number of carbonyl (C=O) groups excluding carboxylic acids is 1. The molecule has 1 saturated heterocycles. The number of hydrogen-bond acceptors (Lipinski definition) is 4. The molecule has 0 spiro atoms. The van der Waals surface area contributed by atoms with Gasteiger partial charge in [-0.3, -0.25) is 4.79 Å². The lowest BCUT2D eigenvalue weighted by molar-refractivity contribution is -0.137. The first-order valence-electron chi connectivity index (χ1n) is 6.37. The third-order valence-electron chi connectivity index (χ3n) is 3.41. The topological polar surface area (TPSA) is 62.1 Å². The molecule has 0 radical (unpaired) electrons. The third kappa shape index (κ3) is 2.76. The van der Waals surface area contributed by atoms with Crippen LogP contribution in [0.2, 0.25) is 0 Å². The smallest absolute Gasteiger partial charge is 0.414 e. The molecule has 1 unspecified atom stereocenters. The molecule has 2 aromatic rings. The number of nitrogens with one attached hydrogen (secondary N) is 1. The minimum absolute atomic E-state index is 0.0972. The van der Waals surface area contributed by atoms with Gasteiger partial charge in [0.25, 0.3) is 4.84 Å². The molecule has 1 aliphatic heterocycles. The van der Waals surface area contributed by atoms with Gasteiger partial charge in [0, 0.05) is 18.7 Å². The Hall–Kier alpha value is -2.16. The monoisotopic (exact) mass is 329 g/mol. The fourth-order valence-corrected chi connectivity index (χ4v) is 2.52. The van der Waals surface area contributed by atoms with E-state index >= 15 is 0 Å². The molecule has 1 fully saturated rings. The Kier molecular flexibility index (Phi) is 3.51. The molecule has 2 heterocycles. The van der Waals surface area contributed by atoms with E-state index in [9.17, 15) is 18.0 Å². The predicted octanol–water partition coefficient (Wildman–Crippen LogP) is 3.27. The zero-order valence-corrected chi connectivity index (χ0v) is 11.9. The number of rotatable bonds is 2. The van der Waals surface area contributed by atoms with Crippen LogP contribution >= 0.6 is 12.2 Å². The maximum absolute atomic E-state index is 12.8. The number of H-pyrrole nitrogens is 1. The van der Waals surface area contributed by atoms with E-state index < -0.39 is 11.7 Å². The summed E-state index contributed by atoms with van der Waals surface area (Å²) in [6, 6.07) is 4.67. The van der Waals surface area contributed by atoms with Crippen LogP contribution in [-0.2, 0) is 11.0 Å². The Morgan fingerprint density at radius 3 is 2.82 bits per heavy atom. The van der Waals surface area contributed by atoms with Crippen molar-refractivity contribution < 1.29 is 22.4 Å². The van der Waals surface area contributed by atoms with Crippen LogP contribution in [-0.4, -0.2) is 22.6 Å². The molecule has 3 rings (SSSR count). The van der Waals surface area contributed by atoms with Crippen molar-refractivity contribution >= 4 is 23.8 Å². The van der Waals surface area contributed by atoms with Crippen molar-refractivity contribution in [3.8, 4) is 0 Å². The van der Waals surface area contributed by atoms with E-state index in [-0.39, 0.29) is 41.2 Å². The van der Waals surface area contributed by atoms with Crippen molar-refractivity contribution in [2.45, 2.75) is 18.5 Å². The number of nitrogens with zero attached hydrogens (tertiary/aromatic N) is 2. The average molecular weight is 329 g/mol. The van der Waals surface area contributed by atoms with E-state index in [2.05, 4.69) is 10.2 Å². The van der Waals surface area contributed by atoms with E-state index in [4.69, 9.17) is 16.6 Å². The SMILES string of the molecule is O=C1CC(c2n[nH]c(=S)o2)CN1c1cccc(C(F)(F)F)c1. The molecule has 9 heteroatoms. The molecule has 0 aliphatic carbocycles. The molecule has 22 heavy (non-hydrogen) atoms. The molecular formula is C13H10F3N3O2S. The fraction of sp³-hybridized carbons (Fsp3) is 0.308. The molecule has 5 nitrogen and oxygen atoms in total. The zero-order valence-electron chi connectivity index (χ0n) is 11.1. The summed E-state index contributed by atoms with van der Waals surface area (Å²) in [6.07, 6.45) is -4.34. The van der Waals surface area contributed by atoms with Gasteiger partial charge in [0.2, 0.25) is 11.8 Å². The second-order valence-corrected chi connectivity index (χ2v) is 5.28. The highest BCUT2D eigenvalue weighted by Crippen LogP contribution is 2.35. The van der Waals surface area contributed by atoms with Crippen LogP contribution in [0.5, 0.6) is 0 Å². The minimum Gasteiger partial charge on any atom is -0.414 e. The van der Waals surface area contributed by atoms with Crippen LogP contribution in [0.1, 0.15) is 23.8 Å². The lowest BCUT2D eigenvalue weighted by Gasteiger charge is -2.17. The molecule has 1 aromatic heterocycles. The van der Waals surface area contributed by atoms with Gasteiger partial charge in [0.05, 0.1) is 11.5 Å². The maximum Gasteiger partial charge on any atom is 0.416 e. The molecular weight excluding hydrogens is 319 g/mol. The highest BCUT2D eigenvalue weighted by molar-refractivity contribution is 7.71. The van der Waals surface area contributed by atoms with Crippen molar-refractivity contribution in [1.29, 1.82) is 0 Å². The number of anilines is 1. The van der Waals surface area contributed by atoms with Crippen molar-refractivity contribution in [2.24, 2.45) is 0 Å². The Bertz CT molecular complexity index is 768. The number of aromatic amines is 1. The predicted molar refractivity (Wildman–Crippen MR) is 72.8 cm³/mol. The van der Waals surface area contributed by atoms with Crippen molar-refractivity contribution in [2.75, 3.05) is 11.4 Å². The normalized spacial score (nSPS) is 19.0. The van der Waals surface area contributed by atoms with Gasteiger partial charge in [-0.05, 0) is 30.4 Å². The van der Waals surface area contributed by atoms with E-state index in [1.165, 1.54) is 17.0 Å². The van der Waals surface area contributed by atoms with Crippen LogP contribution in [0.15, 0.2) is 28.7 Å². The fourth-order valence-electron chi connectivity index (χ4n) is 2.39. The van der Waals surface area contributed by atoms with E-state index in [1.807, 2.05) is 0 Å². The Morgan fingerprint density at radius 1 is 1.41 bits per heavy atom. The highest BCUT2D eigenvalue weighted by atomic mass is 32.1. The molecule has 1 aromatic carbocycles. The largest absolute Gasteiger partial charge is 0.416 e. The zero-order chi connectivity index (χ0) is 15.9. The molecule has 0 saturated carbocycles. The Labute approximate surface area is 127 Å². The molecule has 1 atom stereocenters. The number of halogens is 3. The van der Waals surface area contributed by atoms with E-state index in [0.717, 1.165) is 12.1 Å². The number of carbonyl (C=O) groups is 1. The second kappa shape index (κ2) is 5.24. The molecule has 116 valence electrons. The van der Waals surface area contributed by atoms with Crippen LogP contribution in [0.4, 0.5) is 18.9 Å². The first-order valence-corrected chi connectivity index (χ1v) is 6.78. The molecule has 1 aliphatic rings. The second-order valence-electron chi connectivity index (χ2n) is 4.90. The van der Waals surface area contributed by atoms with E-state index in [0.29, 0.717) is 0 Å². The summed E-state index contributed by atoms with van der Waals surface area (Å²) in [5, 5.41) is 6.33. The summed E-state index contributed by atoms with van der Waals surface area (Å²) in [5.41, 5.74) is -0.588. The number of amides is 1. The van der Waals surface area contributed by atoms with Gasteiger partial charge in [-0.2, -0.15) is 13.2 Å².